The number of piperazine rings is 1. The van der Waals surface area contributed by atoms with Gasteiger partial charge in [-0.2, -0.15) is 0 Å². The highest BCUT2D eigenvalue weighted by Crippen LogP contribution is 2.30. The van der Waals surface area contributed by atoms with Gasteiger partial charge in [-0.25, -0.2) is 4.98 Å². The monoisotopic (exact) mass is 387 g/mol. The summed E-state index contributed by atoms with van der Waals surface area (Å²) >= 11 is 0. The number of aliphatic imine (C=N–C) groups is 1. The van der Waals surface area contributed by atoms with Crippen molar-refractivity contribution < 1.29 is 4.79 Å². The molecule has 3 aromatic rings. The van der Waals surface area contributed by atoms with Gasteiger partial charge >= 0.3 is 0 Å². The van der Waals surface area contributed by atoms with Gasteiger partial charge in [0.2, 0.25) is 0 Å². The van der Waals surface area contributed by atoms with Crippen molar-refractivity contribution in [2.24, 2.45) is 4.99 Å². The third kappa shape index (κ3) is 3.71. The Morgan fingerprint density at radius 2 is 2.07 bits per heavy atom. The van der Waals surface area contributed by atoms with Gasteiger partial charge < -0.3 is 14.8 Å². The summed E-state index contributed by atoms with van der Waals surface area (Å²) in [7, 11) is 2.09. The van der Waals surface area contributed by atoms with Crippen LogP contribution in [-0.4, -0.2) is 65.6 Å². The first-order valence-corrected chi connectivity index (χ1v) is 9.76. The lowest BCUT2D eigenvalue weighted by Crippen LogP contribution is -2.47. The highest BCUT2D eigenvalue weighted by Gasteiger charge is 2.24. The summed E-state index contributed by atoms with van der Waals surface area (Å²) in [4.78, 5) is 28.9. The predicted octanol–water partition coefficient (Wildman–Crippen LogP) is 3.72. The van der Waals surface area contributed by atoms with Gasteiger partial charge in [0.05, 0.1) is 5.56 Å². The van der Waals surface area contributed by atoms with Crippen LogP contribution < -0.4 is 0 Å². The van der Waals surface area contributed by atoms with E-state index in [1.807, 2.05) is 23.2 Å². The van der Waals surface area contributed by atoms with Crippen molar-refractivity contribution in [3.8, 4) is 0 Å². The molecule has 0 unspecified atom stereocenters. The molecule has 148 valence electrons. The summed E-state index contributed by atoms with van der Waals surface area (Å²) in [5, 5.41) is 2.94. The van der Waals surface area contributed by atoms with E-state index in [0.717, 1.165) is 59.1 Å². The topological polar surface area (TPSA) is 64.6 Å². The lowest BCUT2D eigenvalue weighted by Gasteiger charge is -2.32. The zero-order valence-electron chi connectivity index (χ0n) is 16.9. The molecule has 1 aliphatic rings. The molecular weight excluding hydrogens is 362 g/mol. The van der Waals surface area contributed by atoms with E-state index >= 15 is 0 Å². The van der Waals surface area contributed by atoms with Crippen LogP contribution >= 0.6 is 0 Å². The van der Waals surface area contributed by atoms with Crippen molar-refractivity contribution in [1.82, 2.24) is 19.8 Å². The number of aromatic nitrogens is 2. The van der Waals surface area contributed by atoms with Gasteiger partial charge in [-0.1, -0.05) is 18.2 Å². The largest absolute Gasteiger partial charge is 0.345 e. The molecule has 6 nitrogen and oxygen atoms in total. The first kappa shape index (κ1) is 19.1. The number of allylic oxidation sites excluding steroid dienone is 3. The Kier molecular flexibility index (Phi) is 5.27. The molecule has 0 radical (unpaired) electrons. The smallest absolute Gasteiger partial charge is 0.256 e. The molecule has 0 aliphatic carbocycles. The number of fused-ring (bicyclic) bond motifs is 3. The first-order valence-electron chi connectivity index (χ1n) is 9.76. The van der Waals surface area contributed by atoms with Gasteiger partial charge in [0.1, 0.15) is 5.65 Å². The van der Waals surface area contributed by atoms with Crippen LogP contribution in [0.25, 0.3) is 27.4 Å². The number of likely N-dealkylation sites (N-methyl/N-ethyl adjacent to an activating group) is 1. The number of pyridine rings is 1. The van der Waals surface area contributed by atoms with Gasteiger partial charge in [-0.3, -0.25) is 9.79 Å². The molecule has 6 heteroatoms. The van der Waals surface area contributed by atoms with Gasteiger partial charge in [-0.05, 0) is 49.4 Å². The van der Waals surface area contributed by atoms with Gasteiger partial charge in [-0.15, -0.1) is 0 Å². The van der Waals surface area contributed by atoms with E-state index in [2.05, 4.69) is 58.7 Å². The van der Waals surface area contributed by atoms with Crippen LogP contribution in [0.3, 0.4) is 0 Å². The minimum absolute atomic E-state index is 0.0660. The molecule has 1 fully saturated rings. The van der Waals surface area contributed by atoms with Crippen molar-refractivity contribution in [3.63, 3.8) is 0 Å². The molecule has 0 atom stereocenters. The minimum atomic E-state index is 0.0660. The third-order valence-corrected chi connectivity index (χ3v) is 5.53. The average Bonchev–Trinajstić information content (AvgIpc) is 3.18. The fourth-order valence-electron chi connectivity index (χ4n) is 3.74. The predicted molar refractivity (Wildman–Crippen MR) is 119 cm³/mol. The molecule has 0 saturated carbocycles. The molecular formula is C23H25N5O. The van der Waals surface area contributed by atoms with E-state index in [-0.39, 0.29) is 5.91 Å². The highest BCUT2D eigenvalue weighted by molar-refractivity contribution is 6.16. The Balaban J connectivity index is 1.79. The molecule has 1 amide bonds. The lowest BCUT2D eigenvalue weighted by atomic mass is 10.00. The standard InChI is InChI=1S/C23H25N5O/c1-16(5-4-8-24-2)17-6-7-18-14-25-22-21(19(18)13-17)20(15-26-22)23(29)28-11-9-27(3)10-12-28/h4-8,13-15H,2,9-12H2,1,3H3,(H,25,26)/b8-4-,16-5+. The van der Waals surface area contributed by atoms with Gasteiger partial charge in [0.25, 0.3) is 5.91 Å². The number of nitrogens with one attached hydrogen (secondary N) is 1. The molecule has 1 N–H and O–H groups in total. The third-order valence-electron chi connectivity index (χ3n) is 5.53. The summed E-state index contributed by atoms with van der Waals surface area (Å²) in [6.07, 6.45) is 9.18. The van der Waals surface area contributed by atoms with Crippen molar-refractivity contribution in [2.75, 3.05) is 33.2 Å². The van der Waals surface area contributed by atoms with Crippen LogP contribution in [0.1, 0.15) is 22.8 Å². The van der Waals surface area contributed by atoms with E-state index in [1.54, 1.807) is 12.4 Å². The number of hydrogen-bond acceptors (Lipinski definition) is 4. The van der Waals surface area contributed by atoms with E-state index in [9.17, 15) is 4.79 Å². The van der Waals surface area contributed by atoms with Crippen molar-refractivity contribution in [3.05, 3.63) is 60.1 Å². The van der Waals surface area contributed by atoms with E-state index in [0.29, 0.717) is 5.56 Å². The summed E-state index contributed by atoms with van der Waals surface area (Å²) in [5.41, 5.74) is 3.64. The maximum atomic E-state index is 13.2. The second kappa shape index (κ2) is 8.01. The zero-order chi connectivity index (χ0) is 20.4. The summed E-state index contributed by atoms with van der Waals surface area (Å²) in [6, 6.07) is 6.27. The lowest BCUT2D eigenvalue weighted by molar-refractivity contribution is 0.0666. The maximum absolute atomic E-state index is 13.2. The highest BCUT2D eigenvalue weighted by atomic mass is 16.2. The van der Waals surface area contributed by atoms with E-state index in [1.165, 1.54) is 0 Å². The maximum Gasteiger partial charge on any atom is 0.256 e. The van der Waals surface area contributed by atoms with Gasteiger partial charge in [0, 0.05) is 55.5 Å². The van der Waals surface area contributed by atoms with Gasteiger partial charge in [0.15, 0.2) is 0 Å². The Morgan fingerprint density at radius 1 is 1.28 bits per heavy atom. The molecule has 4 rings (SSSR count). The number of nitrogens with zero attached hydrogens (tertiary/aromatic N) is 4. The summed E-state index contributed by atoms with van der Waals surface area (Å²) < 4.78 is 0. The molecule has 1 aromatic carbocycles. The Labute approximate surface area is 170 Å². The molecule has 0 spiro atoms. The summed E-state index contributed by atoms with van der Waals surface area (Å²) in [5.74, 6) is 0.0660. The normalized spacial score (nSPS) is 16.2. The minimum Gasteiger partial charge on any atom is -0.345 e. The van der Waals surface area contributed by atoms with Crippen LogP contribution in [0.15, 0.2) is 53.9 Å². The second-order valence-electron chi connectivity index (χ2n) is 7.46. The molecule has 0 bridgehead atoms. The van der Waals surface area contributed by atoms with Crippen molar-refractivity contribution in [1.29, 1.82) is 0 Å². The number of aromatic amines is 1. The van der Waals surface area contributed by atoms with E-state index < -0.39 is 0 Å². The number of hydrogen-bond donors (Lipinski definition) is 1. The number of carbonyl (C=O) groups excluding carboxylic acids is 1. The van der Waals surface area contributed by atoms with Crippen LogP contribution in [0.2, 0.25) is 0 Å². The van der Waals surface area contributed by atoms with Crippen LogP contribution in [0.4, 0.5) is 0 Å². The molecule has 29 heavy (non-hydrogen) atoms. The quantitative estimate of drug-likeness (QED) is 0.548. The number of benzene rings is 1. The molecule has 3 heterocycles. The Hall–Kier alpha value is -3.25. The van der Waals surface area contributed by atoms with Crippen LogP contribution in [0.5, 0.6) is 0 Å². The number of H-pyrrole nitrogens is 1. The first-order chi connectivity index (χ1) is 14.1. The Bertz CT molecular complexity index is 1130. The Morgan fingerprint density at radius 3 is 2.83 bits per heavy atom. The molecule has 2 aromatic heterocycles. The van der Waals surface area contributed by atoms with Crippen LogP contribution in [-0.2, 0) is 0 Å². The number of amides is 1. The number of rotatable bonds is 4. The van der Waals surface area contributed by atoms with Crippen molar-refractivity contribution in [2.45, 2.75) is 6.92 Å². The fraction of sp³-hybridized carbons (Fsp3) is 0.261. The molecule has 1 aliphatic heterocycles. The molecule has 1 saturated heterocycles. The number of carbonyl (C=O) groups is 1. The van der Waals surface area contributed by atoms with E-state index in [4.69, 9.17) is 0 Å². The zero-order valence-corrected chi connectivity index (χ0v) is 16.9. The average molecular weight is 387 g/mol. The van der Waals surface area contributed by atoms with Crippen LogP contribution in [0, 0.1) is 0 Å². The van der Waals surface area contributed by atoms with Crippen molar-refractivity contribution >= 4 is 40.0 Å². The SMILES string of the molecule is C=N/C=C\C=C(/C)c1ccc2cnc3[nH]cc(C(=O)N4CCN(C)CC4)c3c2c1. The second-order valence-corrected chi connectivity index (χ2v) is 7.46. The fourth-order valence-corrected chi connectivity index (χ4v) is 3.74. The summed E-state index contributed by atoms with van der Waals surface area (Å²) in [6.45, 7) is 8.80.